The summed E-state index contributed by atoms with van der Waals surface area (Å²) in [6.07, 6.45) is 1.41. The average Bonchev–Trinajstić information content (AvgIpc) is 2.40. The second-order valence-electron chi connectivity index (χ2n) is 2.79. The van der Waals surface area contributed by atoms with Gasteiger partial charge in [-0.15, -0.1) is 0 Å². The van der Waals surface area contributed by atoms with Gasteiger partial charge in [0.1, 0.15) is 0 Å². The Bertz CT molecular complexity index is 71.1. The smallest absolute Gasteiger partial charge is 0.000738 e. The molecule has 0 bridgehead atoms. The van der Waals surface area contributed by atoms with Gasteiger partial charge in [-0.05, 0) is 25.4 Å². The molecule has 1 fully saturated rings. The van der Waals surface area contributed by atoms with Crippen LogP contribution in [0.3, 0.4) is 0 Å². The molecule has 1 saturated heterocycles. The SMILES string of the molecule is CC.CCN1CC[C@@H](C)C1. The fourth-order valence-corrected chi connectivity index (χ4v) is 1.31. The minimum Gasteiger partial charge on any atom is -0.303 e. The van der Waals surface area contributed by atoms with Crippen LogP contribution in [0.25, 0.3) is 0 Å². The van der Waals surface area contributed by atoms with Gasteiger partial charge in [0.2, 0.25) is 0 Å². The van der Waals surface area contributed by atoms with Crippen LogP contribution >= 0.6 is 0 Å². The zero-order valence-electron chi connectivity index (χ0n) is 7.85. The highest BCUT2D eigenvalue weighted by molar-refractivity contribution is 4.70. The molecular weight excluding hydrogens is 122 g/mol. The van der Waals surface area contributed by atoms with E-state index in [4.69, 9.17) is 0 Å². The van der Waals surface area contributed by atoms with Gasteiger partial charge in [0.25, 0.3) is 0 Å². The molecule has 0 spiro atoms. The van der Waals surface area contributed by atoms with Gasteiger partial charge in [-0.3, -0.25) is 0 Å². The Morgan fingerprint density at radius 3 is 2.20 bits per heavy atom. The number of hydrogen-bond donors (Lipinski definition) is 0. The van der Waals surface area contributed by atoms with E-state index in [0.29, 0.717) is 0 Å². The van der Waals surface area contributed by atoms with E-state index in [0.717, 1.165) is 5.92 Å². The van der Waals surface area contributed by atoms with Crippen molar-refractivity contribution in [2.45, 2.75) is 34.1 Å². The Morgan fingerprint density at radius 1 is 1.40 bits per heavy atom. The molecule has 10 heavy (non-hydrogen) atoms. The van der Waals surface area contributed by atoms with Gasteiger partial charge >= 0.3 is 0 Å². The molecule has 1 atom stereocenters. The Balaban J connectivity index is 0.000000371. The number of likely N-dealkylation sites (tertiary alicyclic amines) is 1. The van der Waals surface area contributed by atoms with Crippen LogP contribution in [0.15, 0.2) is 0 Å². The van der Waals surface area contributed by atoms with Crippen LogP contribution in [-0.2, 0) is 0 Å². The van der Waals surface area contributed by atoms with Gasteiger partial charge < -0.3 is 4.90 Å². The molecule has 1 rings (SSSR count). The van der Waals surface area contributed by atoms with Crippen molar-refractivity contribution < 1.29 is 0 Å². The lowest BCUT2D eigenvalue weighted by atomic mass is 10.2. The van der Waals surface area contributed by atoms with Gasteiger partial charge in [-0.25, -0.2) is 0 Å². The van der Waals surface area contributed by atoms with Crippen LogP contribution < -0.4 is 0 Å². The molecule has 1 nitrogen and oxygen atoms in total. The second kappa shape index (κ2) is 5.72. The molecule has 0 saturated carbocycles. The molecule has 0 radical (unpaired) electrons. The maximum atomic E-state index is 2.50. The number of hydrogen-bond acceptors (Lipinski definition) is 1. The summed E-state index contributed by atoms with van der Waals surface area (Å²) in [5.41, 5.74) is 0. The van der Waals surface area contributed by atoms with E-state index >= 15 is 0 Å². The van der Waals surface area contributed by atoms with E-state index < -0.39 is 0 Å². The van der Waals surface area contributed by atoms with Crippen LogP contribution in [0.2, 0.25) is 0 Å². The molecule has 0 aromatic rings. The Hall–Kier alpha value is -0.0400. The molecule has 0 amide bonds. The quantitative estimate of drug-likeness (QED) is 0.544. The van der Waals surface area contributed by atoms with Crippen molar-refractivity contribution in [3.63, 3.8) is 0 Å². The molecule has 1 aliphatic rings. The van der Waals surface area contributed by atoms with E-state index in [1.54, 1.807) is 0 Å². The van der Waals surface area contributed by atoms with Gasteiger partial charge in [0.05, 0.1) is 0 Å². The summed E-state index contributed by atoms with van der Waals surface area (Å²) in [7, 11) is 0. The Kier molecular flexibility index (Phi) is 5.70. The summed E-state index contributed by atoms with van der Waals surface area (Å²) in [6, 6.07) is 0. The minimum atomic E-state index is 0.954. The van der Waals surface area contributed by atoms with E-state index in [1.807, 2.05) is 13.8 Å². The predicted molar refractivity (Wildman–Crippen MR) is 47.2 cm³/mol. The van der Waals surface area contributed by atoms with Gasteiger partial charge in [0, 0.05) is 6.54 Å². The third-order valence-corrected chi connectivity index (χ3v) is 1.96. The van der Waals surface area contributed by atoms with Crippen LogP contribution in [0.1, 0.15) is 34.1 Å². The molecule has 1 heteroatoms. The van der Waals surface area contributed by atoms with Crippen molar-refractivity contribution in [2.24, 2.45) is 5.92 Å². The molecule has 1 heterocycles. The zero-order chi connectivity index (χ0) is 7.98. The van der Waals surface area contributed by atoms with Gasteiger partial charge in [0.15, 0.2) is 0 Å². The van der Waals surface area contributed by atoms with Crippen molar-refractivity contribution >= 4 is 0 Å². The summed E-state index contributed by atoms with van der Waals surface area (Å²) in [4.78, 5) is 2.50. The zero-order valence-corrected chi connectivity index (χ0v) is 7.85. The van der Waals surface area contributed by atoms with E-state index in [9.17, 15) is 0 Å². The second-order valence-corrected chi connectivity index (χ2v) is 2.79. The third-order valence-electron chi connectivity index (χ3n) is 1.96. The first-order chi connectivity index (χ1) is 4.83. The fraction of sp³-hybridized carbons (Fsp3) is 1.00. The van der Waals surface area contributed by atoms with Crippen molar-refractivity contribution in [3.8, 4) is 0 Å². The van der Waals surface area contributed by atoms with Crippen molar-refractivity contribution in [3.05, 3.63) is 0 Å². The predicted octanol–water partition coefficient (Wildman–Crippen LogP) is 2.37. The summed E-state index contributed by atoms with van der Waals surface area (Å²) in [5, 5.41) is 0. The fourth-order valence-electron chi connectivity index (χ4n) is 1.31. The standard InChI is InChI=1S/C7H15N.C2H6/c1-3-8-5-4-7(2)6-8;1-2/h7H,3-6H2,1-2H3;1-2H3/t7-;/m1./s1. The molecular formula is C9H21N. The van der Waals surface area contributed by atoms with Gasteiger partial charge in [-0.1, -0.05) is 27.7 Å². The largest absolute Gasteiger partial charge is 0.303 e. The highest BCUT2D eigenvalue weighted by atomic mass is 15.1. The van der Waals surface area contributed by atoms with Crippen LogP contribution in [0.5, 0.6) is 0 Å². The first-order valence-corrected chi connectivity index (χ1v) is 4.55. The highest BCUT2D eigenvalue weighted by Crippen LogP contribution is 2.13. The molecule has 0 aromatic heterocycles. The van der Waals surface area contributed by atoms with Crippen LogP contribution in [-0.4, -0.2) is 24.5 Å². The summed E-state index contributed by atoms with van der Waals surface area (Å²) < 4.78 is 0. The monoisotopic (exact) mass is 143 g/mol. The first kappa shape index (κ1) is 9.96. The van der Waals surface area contributed by atoms with E-state index in [2.05, 4.69) is 18.7 Å². The molecule has 0 aliphatic carbocycles. The van der Waals surface area contributed by atoms with Gasteiger partial charge in [-0.2, -0.15) is 0 Å². The van der Waals surface area contributed by atoms with Crippen molar-refractivity contribution in [2.75, 3.05) is 19.6 Å². The van der Waals surface area contributed by atoms with Crippen molar-refractivity contribution in [1.29, 1.82) is 0 Å². The molecule has 1 aliphatic heterocycles. The number of rotatable bonds is 1. The average molecular weight is 143 g/mol. The van der Waals surface area contributed by atoms with E-state index in [1.165, 1.54) is 26.1 Å². The number of nitrogens with zero attached hydrogens (tertiary/aromatic N) is 1. The Morgan fingerprint density at radius 2 is 2.00 bits per heavy atom. The Labute approximate surface area is 65.4 Å². The van der Waals surface area contributed by atoms with Crippen molar-refractivity contribution in [1.82, 2.24) is 4.90 Å². The maximum absolute atomic E-state index is 2.50. The molecule has 0 unspecified atom stereocenters. The summed E-state index contributed by atoms with van der Waals surface area (Å²) in [5.74, 6) is 0.954. The lowest BCUT2D eigenvalue weighted by molar-refractivity contribution is 0.346. The van der Waals surface area contributed by atoms with E-state index in [-0.39, 0.29) is 0 Å². The molecule has 0 aromatic carbocycles. The first-order valence-electron chi connectivity index (χ1n) is 4.55. The summed E-state index contributed by atoms with van der Waals surface area (Å²) >= 11 is 0. The normalized spacial score (nSPS) is 25.8. The molecule has 62 valence electrons. The third kappa shape index (κ3) is 3.21. The summed E-state index contributed by atoms with van der Waals surface area (Å²) in [6.45, 7) is 12.5. The molecule has 0 N–H and O–H groups in total. The minimum absolute atomic E-state index is 0.954. The lowest BCUT2D eigenvalue weighted by Gasteiger charge is -2.09. The van der Waals surface area contributed by atoms with Crippen LogP contribution in [0.4, 0.5) is 0 Å². The van der Waals surface area contributed by atoms with Crippen LogP contribution in [0, 0.1) is 5.92 Å². The highest BCUT2D eigenvalue weighted by Gasteiger charge is 2.15. The lowest BCUT2D eigenvalue weighted by Crippen LogP contribution is -2.18. The topological polar surface area (TPSA) is 3.24 Å². The maximum Gasteiger partial charge on any atom is 0.000738 e.